The Kier molecular flexibility index (Phi) is 3.56. The highest BCUT2D eigenvalue weighted by molar-refractivity contribution is 5.03. The first kappa shape index (κ1) is 11.6. The van der Waals surface area contributed by atoms with Gasteiger partial charge in [0.25, 0.3) is 0 Å². The Morgan fingerprint density at radius 2 is 2.25 bits per heavy atom. The third-order valence-electron chi connectivity index (χ3n) is 3.27. The van der Waals surface area contributed by atoms with Crippen molar-refractivity contribution in [3.8, 4) is 0 Å². The molecule has 88 valence electrons. The molecule has 1 aromatic rings. The first-order chi connectivity index (χ1) is 7.66. The summed E-state index contributed by atoms with van der Waals surface area (Å²) in [5.41, 5.74) is 0.642. The van der Waals surface area contributed by atoms with Gasteiger partial charge in [-0.2, -0.15) is 0 Å². The molecule has 2 heterocycles. The van der Waals surface area contributed by atoms with Crippen LogP contribution in [0.15, 0.2) is 24.4 Å². The fourth-order valence-corrected chi connectivity index (χ4v) is 2.20. The van der Waals surface area contributed by atoms with Gasteiger partial charge in [0.1, 0.15) is 0 Å². The second-order valence-corrected chi connectivity index (χ2v) is 4.95. The number of likely N-dealkylation sites (tertiary alicyclic amines) is 1. The molecular formula is C13H20N2O. The van der Waals surface area contributed by atoms with Crippen molar-refractivity contribution >= 4 is 0 Å². The van der Waals surface area contributed by atoms with E-state index in [2.05, 4.69) is 16.0 Å². The summed E-state index contributed by atoms with van der Waals surface area (Å²) in [6, 6.07) is 6.02. The third-order valence-corrected chi connectivity index (χ3v) is 3.27. The van der Waals surface area contributed by atoms with Crippen molar-refractivity contribution in [2.45, 2.75) is 38.3 Å². The van der Waals surface area contributed by atoms with Crippen LogP contribution in [0.5, 0.6) is 0 Å². The van der Waals surface area contributed by atoms with E-state index in [0.29, 0.717) is 0 Å². The highest BCUT2D eigenvalue weighted by atomic mass is 16.3. The van der Waals surface area contributed by atoms with Gasteiger partial charge < -0.3 is 5.11 Å². The average molecular weight is 220 g/mol. The molecule has 0 aliphatic carbocycles. The van der Waals surface area contributed by atoms with Crippen molar-refractivity contribution in [2.75, 3.05) is 13.1 Å². The number of nitrogens with zero attached hydrogens (tertiary/aromatic N) is 2. The summed E-state index contributed by atoms with van der Waals surface area (Å²) >= 11 is 0. The summed E-state index contributed by atoms with van der Waals surface area (Å²) in [7, 11) is 0. The Balaban J connectivity index is 1.92. The monoisotopic (exact) mass is 220 g/mol. The Labute approximate surface area is 97.1 Å². The molecule has 1 unspecified atom stereocenters. The van der Waals surface area contributed by atoms with Gasteiger partial charge in [0.05, 0.1) is 11.3 Å². The first-order valence-corrected chi connectivity index (χ1v) is 6.00. The molecule has 16 heavy (non-hydrogen) atoms. The minimum Gasteiger partial charge on any atom is -0.390 e. The second-order valence-electron chi connectivity index (χ2n) is 4.95. The van der Waals surface area contributed by atoms with E-state index in [0.717, 1.165) is 44.6 Å². The van der Waals surface area contributed by atoms with Crippen LogP contribution in [-0.4, -0.2) is 33.7 Å². The molecule has 2 rings (SSSR count). The van der Waals surface area contributed by atoms with Crippen LogP contribution in [-0.2, 0) is 6.54 Å². The van der Waals surface area contributed by atoms with Gasteiger partial charge in [0, 0.05) is 19.3 Å². The van der Waals surface area contributed by atoms with Gasteiger partial charge in [-0.3, -0.25) is 9.88 Å². The van der Waals surface area contributed by atoms with E-state index in [1.807, 2.05) is 25.3 Å². The van der Waals surface area contributed by atoms with Crippen LogP contribution in [0.25, 0.3) is 0 Å². The summed E-state index contributed by atoms with van der Waals surface area (Å²) < 4.78 is 0. The van der Waals surface area contributed by atoms with Crippen molar-refractivity contribution < 1.29 is 5.11 Å². The Bertz CT molecular complexity index is 324. The van der Waals surface area contributed by atoms with Crippen LogP contribution in [0.3, 0.4) is 0 Å². The van der Waals surface area contributed by atoms with E-state index in [-0.39, 0.29) is 0 Å². The van der Waals surface area contributed by atoms with E-state index in [9.17, 15) is 5.11 Å². The Hall–Kier alpha value is -0.930. The van der Waals surface area contributed by atoms with Crippen LogP contribution in [0, 0.1) is 0 Å². The lowest BCUT2D eigenvalue weighted by atomic mass is 9.98. The normalized spacial score (nSPS) is 27.6. The highest BCUT2D eigenvalue weighted by Crippen LogP contribution is 2.21. The zero-order valence-corrected chi connectivity index (χ0v) is 9.89. The quantitative estimate of drug-likeness (QED) is 0.826. The maximum Gasteiger partial charge on any atom is 0.0632 e. The van der Waals surface area contributed by atoms with E-state index in [1.165, 1.54) is 0 Å². The molecule has 1 aliphatic heterocycles. The van der Waals surface area contributed by atoms with Gasteiger partial charge in [-0.25, -0.2) is 0 Å². The predicted molar refractivity (Wildman–Crippen MR) is 64.0 cm³/mol. The molecule has 0 radical (unpaired) electrons. The molecular weight excluding hydrogens is 200 g/mol. The fourth-order valence-electron chi connectivity index (χ4n) is 2.20. The number of hydrogen-bond acceptors (Lipinski definition) is 3. The lowest BCUT2D eigenvalue weighted by molar-refractivity contribution is 0.0444. The Morgan fingerprint density at radius 1 is 1.38 bits per heavy atom. The summed E-state index contributed by atoms with van der Waals surface area (Å²) in [6.07, 6.45) is 4.68. The fraction of sp³-hybridized carbons (Fsp3) is 0.615. The van der Waals surface area contributed by atoms with E-state index >= 15 is 0 Å². The summed E-state index contributed by atoms with van der Waals surface area (Å²) in [6.45, 7) is 4.87. The maximum atomic E-state index is 10.00. The van der Waals surface area contributed by atoms with Gasteiger partial charge in [0.2, 0.25) is 0 Å². The summed E-state index contributed by atoms with van der Waals surface area (Å²) in [4.78, 5) is 6.71. The molecule has 0 bridgehead atoms. The average Bonchev–Trinajstić information content (AvgIpc) is 2.42. The van der Waals surface area contributed by atoms with Crippen molar-refractivity contribution in [3.05, 3.63) is 30.1 Å². The molecule has 0 saturated carbocycles. The smallest absolute Gasteiger partial charge is 0.0632 e. The molecule has 1 N–H and O–H groups in total. The molecule has 0 aromatic carbocycles. The number of aliphatic hydroxyl groups is 1. The lowest BCUT2D eigenvalue weighted by Crippen LogP contribution is -2.28. The second kappa shape index (κ2) is 4.93. The zero-order chi connectivity index (χ0) is 11.4. The predicted octanol–water partition coefficient (Wildman–Crippen LogP) is 1.82. The molecule has 1 fully saturated rings. The highest BCUT2D eigenvalue weighted by Gasteiger charge is 2.24. The van der Waals surface area contributed by atoms with Crippen LogP contribution >= 0.6 is 0 Å². The van der Waals surface area contributed by atoms with Crippen LogP contribution in [0.1, 0.15) is 31.9 Å². The van der Waals surface area contributed by atoms with Crippen molar-refractivity contribution in [2.24, 2.45) is 0 Å². The number of rotatable bonds is 2. The van der Waals surface area contributed by atoms with Gasteiger partial charge in [-0.1, -0.05) is 6.07 Å². The molecule has 1 atom stereocenters. The zero-order valence-electron chi connectivity index (χ0n) is 9.89. The summed E-state index contributed by atoms with van der Waals surface area (Å²) in [5, 5.41) is 10.00. The SMILES string of the molecule is CC1(O)CCCN(Cc2ccccn2)CC1. The molecule has 1 aliphatic rings. The lowest BCUT2D eigenvalue weighted by Gasteiger charge is -2.22. The topological polar surface area (TPSA) is 36.4 Å². The van der Waals surface area contributed by atoms with Crippen LogP contribution < -0.4 is 0 Å². The van der Waals surface area contributed by atoms with Gasteiger partial charge in [0.15, 0.2) is 0 Å². The van der Waals surface area contributed by atoms with E-state index < -0.39 is 5.60 Å². The summed E-state index contributed by atoms with van der Waals surface area (Å²) in [5.74, 6) is 0. The van der Waals surface area contributed by atoms with Crippen LogP contribution in [0.2, 0.25) is 0 Å². The molecule has 3 nitrogen and oxygen atoms in total. The molecule has 1 aromatic heterocycles. The van der Waals surface area contributed by atoms with E-state index in [1.54, 1.807) is 0 Å². The van der Waals surface area contributed by atoms with Crippen molar-refractivity contribution in [1.82, 2.24) is 9.88 Å². The minimum atomic E-state index is -0.473. The van der Waals surface area contributed by atoms with Crippen LogP contribution in [0.4, 0.5) is 0 Å². The first-order valence-electron chi connectivity index (χ1n) is 6.00. The molecule has 0 spiro atoms. The van der Waals surface area contributed by atoms with Crippen molar-refractivity contribution in [1.29, 1.82) is 0 Å². The number of aromatic nitrogens is 1. The molecule has 1 saturated heterocycles. The number of hydrogen-bond donors (Lipinski definition) is 1. The number of pyridine rings is 1. The van der Waals surface area contributed by atoms with Gasteiger partial charge >= 0.3 is 0 Å². The minimum absolute atomic E-state index is 0.473. The maximum absolute atomic E-state index is 10.00. The van der Waals surface area contributed by atoms with Gasteiger partial charge in [-0.15, -0.1) is 0 Å². The Morgan fingerprint density at radius 3 is 3.00 bits per heavy atom. The van der Waals surface area contributed by atoms with Gasteiger partial charge in [-0.05, 0) is 44.9 Å². The standard InChI is InChI=1S/C13H20N2O/c1-13(16)6-4-9-15(10-7-13)11-12-5-2-3-8-14-12/h2-3,5,8,16H,4,6-7,9-11H2,1H3. The largest absolute Gasteiger partial charge is 0.390 e. The van der Waals surface area contributed by atoms with E-state index in [4.69, 9.17) is 0 Å². The molecule has 0 amide bonds. The van der Waals surface area contributed by atoms with Crippen molar-refractivity contribution in [3.63, 3.8) is 0 Å². The third kappa shape index (κ3) is 3.29. The molecule has 3 heteroatoms.